The van der Waals surface area contributed by atoms with Gasteiger partial charge in [0.2, 0.25) is 0 Å². The molecule has 0 amide bonds. The van der Waals surface area contributed by atoms with Crippen LogP contribution in [0.3, 0.4) is 0 Å². The van der Waals surface area contributed by atoms with Crippen molar-refractivity contribution >= 4 is 22.3 Å². The van der Waals surface area contributed by atoms with Crippen LogP contribution in [-0.4, -0.2) is 15.9 Å². The highest BCUT2D eigenvalue weighted by atomic mass is 16.1. The largest absolute Gasteiger partial charge is 0.272 e. The van der Waals surface area contributed by atoms with Crippen LogP contribution in [0, 0.1) is 0 Å². The van der Waals surface area contributed by atoms with Gasteiger partial charge in [-0.1, -0.05) is 18.2 Å². The minimum atomic E-state index is -0.196. The molecule has 0 saturated carbocycles. The Morgan fingerprint density at radius 2 is 2.00 bits per heavy atom. The molecular weight excluding hydrogens is 204 g/mol. The van der Waals surface area contributed by atoms with Gasteiger partial charge in [0.1, 0.15) is 0 Å². The third kappa shape index (κ3) is 1.93. The molecule has 2 rings (SSSR count). The smallest absolute Gasteiger partial charge is 0.267 e. The molecule has 1 heterocycles. The molecule has 0 bridgehead atoms. The van der Waals surface area contributed by atoms with Crippen LogP contribution in [0.5, 0.6) is 0 Å². The number of hydrogen-bond donors (Lipinski definition) is 2. The Hall–Kier alpha value is -2.17. The summed E-state index contributed by atoms with van der Waals surface area (Å²) in [6.45, 7) is 3.75. The number of hydrogen-bond acceptors (Lipinski definition) is 4. The fourth-order valence-corrected chi connectivity index (χ4v) is 1.36. The molecule has 0 aliphatic heterocycles. The van der Waals surface area contributed by atoms with Crippen molar-refractivity contribution in [2.75, 3.05) is 5.43 Å². The fourth-order valence-electron chi connectivity index (χ4n) is 1.36. The van der Waals surface area contributed by atoms with Crippen LogP contribution < -0.4 is 11.0 Å². The van der Waals surface area contributed by atoms with Gasteiger partial charge in [0.15, 0.2) is 5.82 Å². The van der Waals surface area contributed by atoms with Crippen molar-refractivity contribution in [3.05, 3.63) is 34.6 Å². The molecule has 5 nitrogen and oxygen atoms in total. The van der Waals surface area contributed by atoms with Crippen LogP contribution in [0.1, 0.15) is 13.8 Å². The molecule has 2 N–H and O–H groups in total. The summed E-state index contributed by atoms with van der Waals surface area (Å²) in [6.07, 6.45) is 0. The molecule has 1 aromatic carbocycles. The zero-order valence-corrected chi connectivity index (χ0v) is 9.11. The molecule has 0 spiro atoms. The van der Waals surface area contributed by atoms with Crippen LogP contribution in [-0.2, 0) is 0 Å². The Balaban J connectivity index is 2.59. The van der Waals surface area contributed by atoms with Gasteiger partial charge in [0.25, 0.3) is 5.56 Å². The molecule has 82 valence electrons. The van der Waals surface area contributed by atoms with E-state index >= 15 is 0 Å². The molecule has 16 heavy (non-hydrogen) atoms. The number of benzene rings is 1. The molecule has 0 aliphatic carbocycles. The van der Waals surface area contributed by atoms with Crippen LogP contribution in [0.15, 0.2) is 34.2 Å². The van der Waals surface area contributed by atoms with E-state index in [0.29, 0.717) is 11.2 Å². The maximum atomic E-state index is 11.5. The Morgan fingerprint density at radius 1 is 1.31 bits per heavy atom. The number of H-pyrrole nitrogens is 1. The van der Waals surface area contributed by atoms with E-state index in [9.17, 15) is 4.79 Å². The number of aromatic nitrogens is 2. The van der Waals surface area contributed by atoms with Gasteiger partial charge in [-0.2, -0.15) is 10.2 Å². The third-order valence-electron chi connectivity index (χ3n) is 2.08. The normalized spacial score (nSPS) is 10.1. The zero-order chi connectivity index (χ0) is 11.5. The molecule has 0 atom stereocenters. The van der Waals surface area contributed by atoms with Gasteiger partial charge in [-0.25, -0.2) is 5.10 Å². The van der Waals surface area contributed by atoms with Crippen LogP contribution in [0.4, 0.5) is 5.82 Å². The molecular formula is C11H12N4O. The molecule has 0 radical (unpaired) electrons. The van der Waals surface area contributed by atoms with E-state index in [2.05, 4.69) is 20.7 Å². The van der Waals surface area contributed by atoms with E-state index in [-0.39, 0.29) is 5.56 Å². The van der Waals surface area contributed by atoms with Gasteiger partial charge >= 0.3 is 0 Å². The highest BCUT2D eigenvalue weighted by molar-refractivity contribution is 5.91. The number of aromatic amines is 1. The summed E-state index contributed by atoms with van der Waals surface area (Å²) in [5.74, 6) is 0.552. The summed E-state index contributed by atoms with van der Waals surface area (Å²) in [7, 11) is 0. The highest BCUT2D eigenvalue weighted by Gasteiger charge is 2.03. The van der Waals surface area contributed by atoms with E-state index < -0.39 is 0 Å². The van der Waals surface area contributed by atoms with Crippen molar-refractivity contribution in [1.82, 2.24) is 10.2 Å². The minimum absolute atomic E-state index is 0.196. The van der Waals surface area contributed by atoms with E-state index in [1.807, 2.05) is 32.0 Å². The fraction of sp³-hybridized carbons (Fsp3) is 0.182. The lowest BCUT2D eigenvalue weighted by atomic mass is 10.2. The lowest BCUT2D eigenvalue weighted by Gasteiger charge is -2.03. The average Bonchev–Trinajstić information content (AvgIpc) is 2.28. The molecule has 5 heteroatoms. The predicted molar refractivity (Wildman–Crippen MR) is 64.8 cm³/mol. The molecule has 1 aromatic heterocycles. The first-order valence-electron chi connectivity index (χ1n) is 4.93. The maximum Gasteiger partial charge on any atom is 0.272 e. The first-order chi connectivity index (χ1) is 7.68. The standard InChI is InChI=1S/C11H12N4O/c1-7(2)12-13-10-8-5-3-4-6-9(8)11(16)15-14-10/h3-6H,1-2H3,(H,13,14)(H,15,16). The summed E-state index contributed by atoms with van der Waals surface area (Å²) >= 11 is 0. The van der Waals surface area contributed by atoms with Crippen molar-refractivity contribution in [2.45, 2.75) is 13.8 Å². The number of fused-ring (bicyclic) bond motifs is 1. The number of rotatable bonds is 2. The third-order valence-corrected chi connectivity index (χ3v) is 2.08. The van der Waals surface area contributed by atoms with E-state index in [0.717, 1.165) is 11.1 Å². The van der Waals surface area contributed by atoms with Crippen LogP contribution in [0.2, 0.25) is 0 Å². The van der Waals surface area contributed by atoms with Crippen molar-refractivity contribution in [1.29, 1.82) is 0 Å². The summed E-state index contributed by atoms with van der Waals surface area (Å²) < 4.78 is 0. The summed E-state index contributed by atoms with van der Waals surface area (Å²) in [6, 6.07) is 7.26. The lowest BCUT2D eigenvalue weighted by Crippen LogP contribution is -2.10. The van der Waals surface area contributed by atoms with Crippen molar-refractivity contribution < 1.29 is 0 Å². The minimum Gasteiger partial charge on any atom is -0.267 e. The second-order valence-electron chi connectivity index (χ2n) is 3.62. The van der Waals surface area contributed by atoms with Gasteiger partial charge < -0.3 is 0 Å². The number of nitrogens with one attached hydrogen (secondary N) is 2. The number of nitrogens with zero attached hydrogens (tertiary/aromatic N) is 2. The van der Waals surface area contributed by atoms with Gasteiger partial charge in [0.05, 0.1) is 5.39 Å². The summed E-state index contributed by atoms with van der Waals surface area (Å²) in [5, 5.41) is 11.8. The number of hydrazone groups is 1. The maximum absolute atomic E-state index is 11.5. The van der Waals surface area contributed by atoms with Gasteiger partial charge in [-0.15, -0.1) is 0 Å². The Kier molecular flexibility index (Phi) is 2.68. The second kappa shape index (κ2) is 4.14. The zero-order valence-electron chi connectivity index (χ0n) is 9.11. The average molecular weight is 216 g/mol. The number of anilines is 1. The quantitative estimate of drug-likeness (QED) is 0.593. The topological polar surface area (TPSA) is 70.1 Å². The SMILES string of the molecule is CC(C)=NNc1n[nH]c(=O)c2ccccc12. The van der Waals surface area contributed by atoms with Gasteiger partial charge in [0, 0.05) is 11.1 Å². The first-order valence-corrected chi connectivity index (χ1v) is 4.93. The molecule has 2 aromatic rings. The second-order valence-corrected chi connectivity index (χ2v) is 3.62. The highest BCUT2D eigenvalue weighted by Crippen LogP contribution is 2.16. The van der Waals surface area contributed by atoms with Gasteiger partial charge in [-0.05, 0) is 19.9 Å². The van der Waals surface area contributed by atoms with Gasteiger partial charge in [-0.3, -0.25) is 10.2 Å². The van der Waals surface area contributed by atoms with E-state index in [1.165, 1.54) is 0 Å². The molecule has 0 saturated heterocycles. The Morgan fingerprint density at radius 3 is 2.69 bits per heavy atom. The molecule has 0 unspecified atom stereocenters. The van der Waals surface area contributed by atoms with Crippen molar-refractivity contribution in [3.8, 4) is 0 Å². The predicted octanol–water partition coefficient (Wildman–Crippen LogP) is 1.73. The van der Waals surface area contributed by atoms with Crippen LogP contribution >= 0.6 is 0 Å². The Labute approximate surface area is 92.2 Å². The monoisotopic (exact) mass is 216 g/mol. The van der Waals surface area contributed by atoms with Crippen molar-refractivity contribution in [2.24, 2.45) is 5.10 Å². The molecule has 0 fully saturated rings. The molecule has 0 aliphatic rings. The summed E-state index contributed by atoms with van der Waals surface area (Å²) in [5.41, 5.74) is 3.51. The van der Waals surface area contributed by atoms with E-state index in [1.54, 1.807) is 6.07 Å². The Bertz CT molecular complexity index is 596. The van der Waals surface area contributed by atoms with Crippen LogP contribution in [0.25, 0.3) is 10.8 Å². The summed E-state index contributed by atoms with van der Waals surface area (Å²) in [4.78, 5) is 11.5. The van der Waals surface area contributed by atoms with E-state index in [4.69, 9.17) is 0 Å². The lowest BCUT2D eigenvalue weighted by molar-refractivity contribution is 1.00. The first kappa shape index (κ1) is 10.4. The van der Waals surface area contributed by atoms with Crippen molar-refractivity contribution in [3.63, 3.8) is 0 Å².